The summed E-state index contributed by atoms with van der Waals surface area (Å²) >= 11 is 0. The lowest BCUT2D eigenvalue weighted by atomic mass is 9.87. The molecule has 2 N–H and O–H groups in total. The molecule has 0 spiro atoms. The van der Waals surface area contributed by atoms with Gasteiger partial charge in [-0.15, -0.1) is 0 Å². The Morgan fingerprint density at radius 3 is 2.79 bits per heavy atom. The molecule has 19 heavy (non-hydrogen) atoms. The molecule has 0 aliphatic carbocycles. The van der Waals surface area contributed by atoms with E-state index in [9.17, 15) is 20.3 Å². The van der Waals surface area contributed by atoms with Crippen molar-refractivity contribution in [3.8, 4) is 0 Å². The van der Waals surface area contributed by atoms with Gasteiger partial charge in [-0.25, -0.2) is 0 Å². The quantitative estimate of drug-likeness (QED) is 0.611. The molecule has 1 aliphatic heterocycles. The second-order valence-electron chi connectivity index (χ2n) is 5.15. The summed E-state index contributed by atoms with van der Waals surface area (Å²) in [6, 6.07) is 1.50. The molecule has 1 aromatic heterocycles. The van der Waals surface area contributed by atoms with Gasteiger partial charge < -0.3 is 14.9 Å². The Morgan fingerprint density at radius 1 is 1.53 bits per heavy atom. The van der Waals surface area contributed by atoms with E-state index in [0.717, 1.165) is 6.20 Å². The summed E-state index contributed by atoms with van der Waals surface area (Å²) < 4.78 is 5.69. The van der Waals surface area contributed by atoms with Gasteiger partial charge in [0.25, 0.3) is 5.69 Å². The number of nitro groups is 1. The second-order valence-corrected chi connectivity index (χ2v) is 5.15. The molecule has 0 radical (unpaired) electrons. The van der Waals surface area contributed by atoms with Gasteiger partial charge in [0.05, 0.1) is 28.3 Å². The molecule has 0 unspecified atom stereocenters. The lowest BCUT2D eigenvalue weighted by Gasteiger charge is -2.42. The first-order valence-corrected chi connectivity index (χ1v) is 5.95. The first-order valence-electron chi connectivity index (χ1n) is 5.95. The van der Waals surface area contributed by atoms with Crippen molar-refractivity contribution in [1.82, 2.24) is 4.98 Å². The van der Waals surface area contributed by atoms with Crippen LogP contribution in [0.5, 0.6) is 0 Å². The van der Waals surface area contributed by atoms with Crippen LogP contribution in [-0.4, -0.2) is 37.9 Å². The van der Waals surface area contributed by atoms with Crippen LogP contribution in [0.1, 0.15) is 31.9 Å². The molecule has 7 nitrogen and oxygen atoms in total. The van der Waals surface area contributed by atoms with Gasteiger partial charge in [-0.2, -0.15) is 0 Å². The van der Waals surface area contributed by atoms with E-state index in [-0.39, 0.29) is 12.1 Å². The Bertz CT molecular complexity index is 491. The van der Waals surface area contributed by atoms with Crippen LogP contribution < -0.4 is 0 Å². The fraction of sp³-hybridized carbons (Fsp3) is 0.583. The van der Waals surface area contributed by atoms with Gasteiger partial charge in [0, 0.05) is 12.6 Å². The topological polar surface area (TPSA) is 106 Å². The van der Waals surface area contributed by atoms with Crippen molar-refractivity contribution in [3.63, 3.8) is 0 Å². The first kappa shape index (κ1) is 13.9. The molecule has 7 heteroatoms. The molecular weight excluding hydrogens is 252 g/mol. The highest BCUT2D eigenvalue weighted by molar-refractivity contribution is 5.39. The largest absolute Gasteiger partial charge is 0.390 e. The van der Waals surface area contributed by atoms with E-state index in [4.69, 9.17) is 4.74 Å². The van der Waals surface area contributed by atoms with Crippen molar-refractivity contribution < 1.29 is 19.9 Å². The van der Waals surface area contributed by atoms with E-state index in [2.05, 4.69) is 4.98 Å². The minimum Gasteiger partial charge on any atom is -0.390 e. The Kier molecular flexibility index (Phi) is 3.53. The highest BCUT2D eigenvalue weighted by atomic mass is 16.6. The minimum atomic E-state index is -1.02. The van der Waals surface area contributed by atoms with Gasteiger partial charge >= 0.3 is 0 Å². The van der Waals surface area contributed by atoms with Crippen molar-refractivity contribution in [3.05, 3.63) is 34.1 Å². The molecule has 1 aliphatic rings. The van der Waals surface area contributed by atoms with Gasteiger partial charge in [-0.1, -0.05) is 0 Å². The average Bonchev–Trinajstić information content (AvgIpc) is 2.35. The van der Waals surface area contributed by atoms with Crippen molar-refractivity contribution in [1.29, 1.82) is 0 Å². The van der Waals surface area contributed by atoms with Crippen molar-refractivity contribution in [2.24, 2.45) is 0 Å². The smallest absolute Gasteiger partial charge is 0.293 e. The molecule has 1 aromatic rings. The number of aromatic nitrogens is 1. The number of hydrogen-bond donors (Lipinski definition) is 2. The fourth-order valence-corrected chi connectivity index (χ4v) is 2.31. The van der Waals surface area contributed by atoms with Gasteiger partial charge in [0.15, 0.2) is 0 Å². The molecule has 2 rings (SSSR count). The maximum Gasteiger partial charge on any atom is 0.293 e. The maximum atomic E-state index is 11.0. The summed E-state index contributed by atoms with van der Waals surface area (Å²) in [7, 11) is 0. The van der Waals surface area contributed by atoms with Crippen LogP contribution in [0.4, 0.5) is 5.69 Å². The molecule has 0 bridgehead atoms. The van der Waals surface area contributed by atoms with Gasteiger partial charge in [0.1, 0.15) is 12.3 Å². The van der Waals surface area contributed by atoms with E-state index < -0.39 is 28.8 Å². The summed E-state index contributed by atoms with van der Waals surface area (Å²) in [6.45, 7) is 3.28. The standard InChI is InChI=1S/C12H16N2O5/c1-12(2)11(16)9(15)5-10(19-12)7-3-4-13-6-8(7)14(17)18/h3-4,6,9-11,15-16H,5H2,1-2H3/t9-,10+,11-/m0/s1. The SMILES string of the molecule is CC1(C)O[C@@H](c2ccncc2[N+](=O)[O-])C[C@H](O)[C@@H]1O. The highest BCUT2D eigenvalue weighted by Gasteiger charge is 2.44. The van der Waals surface area contributed by atoms with Gasteiger partial charge in [-0.05, 0) is 19.9 Å². The van der Waals surface area contributed by atoms with Crippen LogP contribution in [0.15, 0.2) is 18.5 Å². The third-order valence-electron chi connectivity index (χ3n) is 3.35. The molecule has 2 heterocycles. The molecule has 1 fully saturated rings. The Balaban J connectivity index is 2.35. The second kappa shape index (κ2) is 4.84. The third-order valence-corrected chi connectivity index (χ3v) is 3.35. The van der Waals surface area contributed by atoms with Crippen molar-refractivity contribution in [2.45, 2.75) is 44.2 Å². The molecule has 0 amide bonds. The first-order chi connectivity index (χ1) is 8.83. The van der Waals surface area contributed by atoms with Gasteiger partial charge in [0.2, 0.25) is 0 Å². The van der Waals surface area contributed by atoms with E-state index >= 15 is 0 Å². The Hall–Kier alpha value is -1.57. The zero-order valence-electron chi connectivity index (χ0n) is 10.7. The van der Waals surface area contributed by atoms with Crippen LogP contribution in [0.2, 0.25) is 0 Å². The number of nitrogens with zero attached hydrogens (tertiary/aromatic N) is 2. The minimum absolute atomic E-state index is 0.107. The summed E-state index contributed by atoms with van der Waals surface area (Å²) in [5, 5.41) is 30.7. The molecule has 0 saturated carbocycles. The molecule has 1 saturated heterocycles. The molecule has 104 valence electrons. The van der Waals surface area contributed by atoms with Crippen molar-refractivity contribution >= 4 is 5.69 Å². The predicted octanol–water partition coefficient (Wildman–Crippen LogP) is 0.952. The summed E-state index contributed by atoms with van der Waals surface area (Å²) in [5.74, 6) is 0. The average molecular weight is 268 g/mol. The zero-order chi connectivity index (χ0) is 14.2. The predicted molar refractivity (Wildman–Crippen MR) is 65.4 cm³/mol. The Morgan fingerprint density at radius 2 is 2.21 bits per heavy atom. The summed E-state index contributed by atoms with van der Waals surface area (Å²) in [6.07, 6.45) is 0.0530. The highest BCUT2D eigenvalue weighted by Crippen LogP contribution is 2.39. The number of aliphatic hydroxyl groups excluding tert-OH is 2. The number of hydrogen-bond acceptors (Lipinski definition) is 6. The lowest BCUT2D eigenvalue weighted by Crippen LogP contribution is -2.52. The van der Waals surface area contributed by atoms with E-state index in [1.165, 1.54) is 12.3 Å². The van der Waals surface area contributed by atoms with E-state index in [0.29, 0.717) is 5.56 Å². The normalized spacial score (nSPS) is 30.0. The lowest BCUT2D eigenvalue weighted by molar-refractivity contribution is -0.387. The summed E-state index contributed by atoms with van der Waals surface area (Å²) in [4.78, 5) is 14.2. The number of pyridine rings is 1. The van der Waals surface area contributed by atoms with Crippen LogP contribution in [0.25, 0.3) is 0 Å². The van der Waals surface area contributed by atoms with Crippen LogP contribution >= 0.6 is 0 Å². The zero-order valence-corrected chi connectivity index (χ0v) is 10.7. The maximum absolute atomic E-state index is 11.0. The summed E-state index contributed by atoms with van der Waals surface area (Å²) in [5.41, 5.74) is -0.759. The molecule has 0 aromatic carbocycles. The number of aliphatic hydroxyl groups is 2. The van der Waals surface area contributed by atoms with Crippen molar-refractivity contribution in [2.75, 3.05) is 0 Å². The molecule has 3 atom stereocenters. The van der Waals surface area contributed by atoms with E-state index in [1.54, 1.807) is 13.8 Å². The Labute approximate surface area is 110 Å². The van der Waals surface area contributed by atoms with Crippen LogP contribution in [0, 0.1) is 10.1 Å². The van der Waals surface area contributed by atoms with E-state index in [1.807, 2.05) is 0 Å². The van der Waals surface area contributed by atoms with Gasteiger partial charge in [-0.3, -0.25) is 15.1 Å². The fourth-order valence-electron chi connectivity index (χ4n) is 2.31. The van der Waals surface area contributed by atoms with Crippen LogP contribution in [-0.2, 0) is 4.74 Å². The third kappa shape index (κ3) is 2.58. The molecular formula is C12H16N2O5. The number of ether oxygens (including phenoxy) is 1. The number of rotatable bonds is 2. The monoisotopic (exact) mass is 268 g/mol. The van der Waals surface area contributed by atoms with Crippen LogP contribution in [0.3, 0.4) is 0 Å².